The van der Waals surface area contributed by atoms with Gasteiger partial charge in [0.1, 0.15) is 0 Å². The smallest absolute Gasteiger partial charge is 0.0562 e. The van der Waals surface area contributed by atoms with Crippen molar-refractivity contribution in [1.82, 2.24) is 0 Å². The van der Waals surface area contributed by atoms with E-state index < -0.39 is 0 Å². The minimum absolute atomic E-state index is 0.0972. The Morgan fingerprint density at radius 1 is 1.50 bits per heavy atom. The van der Waals surface area contributed by atoms with Gasteiger partial charge in [0.05, 0.1) is 6.10 Å². The van der Waals surface area contributed by atoms with Crippen molar-refractivity contribution in [3.8, 4) is 0 Å². The molecule has 50 valence electrons. The van der Waals surface area contributed by atoms with Crippen molar-refractivity contribution in [3.05, 3.63) is 0 Å². The van der Waals surface area contributed by atoms with Gasteiger partial charge in [0.15, 0.2) is 0 Å². The second-order valence-corrected chi connectivity index (χ2v) is 3.02. The fraction of sp³-hybridized carbons (Fsp3) is 1.00. The Hall–Kier alpha value is -0.0400. The maximum Gasteiger partial charge on any atom is 0.0562 e. The van der Waals surface area contributed by atoms with Crippen LogP contribution in [0.15, 0.2) is 0 Å². The summed E-state index contributed by atoms with van der Waals surface area (Å²) in [5.41, 5.74) is 0.0972. The SMILES string of the molecule is CCC(C)(C)[C@H](C)O. The predicted molar refractivity (Wildman–Crippen MR) is 35.8 cm³/mol. The van der Waals surface area contributed by atoms with Crippen LogP contribution in [0.25, 0.3) is 0 Å². The van der Waals surface area contributed by atoms with Crippen LogP contribution in [0.3, 0.4) is 0 Å². The van der Waals surface area contributed by atoms with E-state index in [4.69, 9.17) is 5.11 Å². The van der Waals surface area contributed by atoms with Crippen LogP contribution in [0.5, 0.6) is 0 Å². The molecule has 0 rings (SSSR count). The number of rotatable bonds is 2. The predicted octanol–water partition coefficient (Wildman–Crippen LogP) is 1.80. The van der Waals surface area contributed by atoms with Gasteiger partial charge in [-0.05, 0) is 18.8 Å². The van der Waals surface area contributed by atoms with Crippen molar-refractivity contribution in [3.63, 3.8) is 0 Å². The molecule has 0 aromatic heterocycles. The Balaban J connectivity index is 3.71. The van der Waals surface area contributed by atoms with Gasteiger partial charge in [0, 0.05) is 0 Å². The van der Waals surface area contributed by atoms with Crippen molar-refractivity contribution in [2.24, 2.45) is 5.41 Å². The number of hydrogen-bond donors (Lipinski definition) is 1. The summed E-state index contributed by atoms with van der Waals surface area (Å²) in [5.74, 6) is 0. The third kappa shape index (κ3) is 1.83. The number of aliphatic hydroxyl groups is 1. The molecule has 0 heterocycles. The summed E-state index contributed by atoms with van der Waals surface area (Å²) in [7, 11) is 0. The van der Waals surface area contributed by atoms with Gasteiger partial charge in [0.25, 0.3) is 0 Å². The molecule has 0 aromatic rings. The quantitative estimate of drug-likeness (QED) is 0.583. The lowest BCUT2D eigenvalue weighted by molar-refractivity contribution is 0.0635. The van der Waals surface area contributed by atoms with E-state index in [0.29, 0.717) is 0 Å². The highest BCUT2D eigenvalue weighted by Gasteiger charge is 2.20. The summed E-state index contributed by atoms with van der Waals surface area (Å²) in [4.78, 5) is 0. The van der Waals surface area contributed by atoms with Gasteiger partial charge in [-0.2, -0.15) is 0 Å². The average Bonchev–Trinajstić information content (AvgIpc) is 1.67. The molecule has 0 bridgehead atoms. The fourth-order valence-corrected chi connectivity index (χ4v) is 0.295. The minimum atomic E-state index is -0.188. The van der Waals surface area contributed by atoms with Crippen molar-refractivity contribution >= 4 is 0 Å². The molecular weight excluding hydrogens is 100 g/mol. The van der Waals surface area contributed by atoms with Gasteiger partial charge < -0.3 is 5.11 Å². The highest BCUT2D eigenvalue weighted by atomic mass is 16.3. The highest BCUT2D eigenvalue weighted by molar-refractivity contribution is 4.71. The van der Waals surface area contributed by atoms with Gasteiger partial charge in [-0.25, -0.2) is 0 Å². The highest BCUT2D eigenvalue weighted by Crippen LogP contribution is 2.23. The number of hydrogen-bond acceptors (Lipinski definition) is 1. The first-order valence-electron chi connectivity index (χ1n) is 3.18. The molecule has 0 saturated carbocycles. The molecule has 1 nitrogen and oxygen atoms in total. The Morgan fingerprint density at radius 2 is 1.88 bits per heavy atom. The standard InChI is InChI=1S/C7H16O/c1-5-7(3,4)6(2)8/h6,8H,5H2,1-4H3/t6-/m0/s1. The van der Waals surface area contributed by atoms with Crippen molar-refractivity contribution in [1.29, 1.82) is 0 Å². The zero-order valence-electron chi connectivity index (χ0n) is 6.23. The molecule has 0 fully saturated rings. The second kappa shape index (κ2) is 2.49. The van der Waals surface area contributed by atoms with Crippen LogP contribution < -0.4 is 0 Å². The van der Waals surface area contributed by atoms with E-state index in [9.17, 15) is 0 Å². The van der Waals surface area contributed by atoms with Crippen LogP contribution in [-0.4, -0.2) is 11.2 Å². The van der Waals surface area contributed by atoms with Crippen LogP contribution in [0, 0.1) is 5.41 Å². The van der Waals surface area contributed by atoms with Crippen LogP contribution in [0.2, 0.25) is 0 Å². The normalized spacial score (nSPS) is 16.1. The molecular formula is C7H16O. The summed E-state index contributed by atoms with van der Waals surface area (Å²) in [5, 5.41) is 9.08. The van der Waals surface area contributed by atoms with Crippen LogP contribution >= 0.6 is 0 Å². The fourth-order valence-electron chi connectivity index (χ4n) is 0.295. The zero-order valence-corrected chi connectivity index (χ0v) is 6.23. The van der Waals surface area contributed by atoms with Gasteiger partial charge in [-0.15, -0.1) is 0 Å². The Morgan fingerprint density at radius 3 is 1.88 bits per heavy atom. The Labute approximate surface area is 51.7 Å². The molecule has 0 saturated heterocycles. The van der Waals surface area contributed by atoms with E-state index in [0.717, 1.165) is 6.42 Å². The Bertz CT molecular complexity index is 64.8. The van der Waals surface area contributed by atoms with Crippen LogP contribution in [0.4, 0.5) is 0 Å². The van der Waals surface area contributed by atoms with Gasteiger partial charge >= 0.3 is 0 Å². The lowest BCUT2D eigenvalue weighted by Crippen LogP contribution is -2.24. The number of aliphatic hydroxyl groups excluding tert-OH is 1. The molecule has 0 aliphatic heterocycles. The van der Waals surface area contributed by atoms with E-state index in [1.54, 1.807) is 0 Å². The van der Waals surface area contributed by atoms with E-state index >= 15 is 0 Å². The first kappa shape index (κ1) is 7.96. The summed E-state index contributed by atoms with van der Waals surface area (Å²) in [6, 6.07) is 0. The molecule has 0 aliphatic rings. The zero-order chi connectivity index (χ0) is 6.78. The van der Waals surface area contributed by atoms with Gasteiger partial charge in [-0.3, -0.25) is 0 Å². The molecule has 8 heavy (non-hydrogen) atoms. The minimum Gasteiger partial charge on any atom is -0.393 e. The monoisotopic (exact) mass is 116 g/mol. The van der Waals surface area contributed by atoms with Crippen molar-refractivity contribution < 1.29 is 5.11 Å². The first-order chi connectivity index (χ1) is 3.50. The molecule has 1 atom stereocenters. The van der Waals surface area contributed by atoms with Crippen LogP contribution in [0.1, 0.15) is 34.1 Å². The summed E-state index contributed by atoms with van der Waals surface area (Å²) in [6.45, 7) is 8.06. The molecule has 1 heteroatoms. The van der Waals surface area contributed by atoms with Gasteiger partial charge in [0.2, 0.25) is 0 Å². The first-order valence-corrected chi connectivity index (χ1v) is 3.18. The third-order valence-electron chi connectivity index (χ3n) is 2.04. The maximum atomic E-state index is 9.08. The van der Waals surface area contributed by atoms with E-state index in [1.807, 2.05) is 6.92 Å². The molecule has 0 amide bonds. The van der Waals surface area contributed by atoms with Crippen LogP contribution in [-0.2, 0) is 0 Å². The maximum absolute atomic E-state index is 9.08. The largest absolute Gasteiger partial charge is 0.393 e. The topological polar surface area (TPSA) is 20.2 Å². The average molecular weight is 116 g/mol. The molecule has 0 aliphatic carbocycles. The lowest BCUT2D eigenvalue weighted by atomic mass is 9.85. The molecule has 0 aromatic carbocycles. The second-order valence-electron chi connectivity index (χ2n) is 3.02. The summed E-state index contributed by atoms with van der Waals surface area (Å²) < 4.78 is 0. The van der Waals surface area contributed by atoms with E-state index in [2.05, 4.69) is 20.8 Å². The van der Waals surface area contributed by atoms with Crippen molar-refractivity contribution in [2.75, 3.05) is 0 Å². The summed E-state index contributed by atoms with van der Waals surface area (Å²) >= 11 is 0. The molecule has 0 radical (unpaired) electrons. The van der Waals surface area contributed by atoms with E-state index in [1.165, 1.54) is 0 Å². The Kier molecular flexibility index (Phi) is 2.48. The molecule has 1 N–H and O–H groups in total. The van der Waals surface area contributed by atoms with E-state index in [-0.39, 0.29) is 11.5 Å². The van der Waals surface area contributed by atoms with Crippen molar-refractivity contribution in [2.45, 2.75) is 40.2 Å². The lowest BCUT2D eigenvalue weighted by Gasteiger charge is -2.25. The molecule has 0 spiro atoms. The summed E-state index contributed by atoms with van der Waals surface area (Å²) in [6.07, 6.45) is 0.845. The molecule has 0 unspecified atom stereocenters. The third-order valence-corrected chi connectivity index (χ3v) is 2.04. The van der Waals surface area contributed by atoms with Gasteiger partial charge in [-0.1, -0.05) is 20.8 Å².